The van der Waals surface area contributed by atoms with E-state index in [0.717, 1.165) is 22.3 Å². The highest BCUT2D eigenvalue weighted by Crippen LogP contribution is 2.29. The molecule has 0 saturated carbocycles. The van der Waals surface area contributed by atoms with Crippen molar-refractivity contribution in [1.29, 1.82) is 0 Å². The van der Waals surface area contributed by atoms with Crippen LogP contribution in [0.15, 0.2) is 34.6 Å². The third-order valence-electron chi connectivity index (χ3n) is 3.26. The molecule has 154 valence electrons. The molecule has 1 amide bonds. The summed E-state index contributed by atoms with van der Waals surface area (Å²) >= 11 is 0.942. The molecule has 0 fully saturated rings. The molecule has 11 heteroatoms. The van der Waals surface area contributed by atoms with E-state index in [4.69, 9.17) is 0 Å². The van der Waals surface area contributed by atoms with Crippen molar-refractivity contribution >= 4 is 52.9 Å². The molecule has 6 nitrogen and oxygen atoms in total. The molecule has 0 aliphatic heterocycles. The Hall–Kier alpha value is -1.89. The molecule has 1 aromatic heterocycles. The van der Waals surface area contributed by atoms with Crippen LogP contribution in [-0.4, -0.2) is 23.4 Å². The molecule has 2 rings (SSSR count). The summed E-state index contributed by atoms with van der Waals surface area (Å²) in [5.74, 6) is 0.304. The Balaban J connectivity index is 0.00000392. The Labute approximate surface area is 182 Å². The zero-order valence-corrected chi connectivity index (χ0v) is 18.4. The van der Waals surface area contributed by atoms with E-state index in [1.165, 1.54) is 6.92 Å². The predicted octanol–water partition coefficient (Wildman–Crippen LogP) is 3.99. The number of nitrogens with one attached hydrogen (secondary N) is 3. The van der Waals surface area contributed by atoms with Gasteiger partial charge in [-0.3, -0.25) is 4.79 Å². The number of aliphatic imine (C=N–C) groups is 1. The number of hydrogen-bond donors (Lipinski definition) is 3. The topological polar surface area (TPSA) is 78.4 Å². The monoisotopic (exact) mass is 527 g/mol. The van der Waals surface area contributed by atoms with Crippen LogP contribution in [0.5, 0.6) is 0 Å². The van der Waals surface area contributed by atoms with Gasteiger partial charge >= 0.3 is 6.18 Å². The summed E-state index contributed by atoms with van der Waals surface area (Å²) in [5, 5.41) is 10.0. The molecule has 0 radical (unpaired) electrons. The first-order valence-corrected chi connectivity index (χ1v) is 9.06. The minimum atomic E-state index is -4.44. The zero-order valence-electron chi connectivity index (χ0n) is 15.3. The fourth-order valence-electron chi connectivity index (χ4n) is 2.14. The SMILES string of the molecule is CCNC(=NCc1cccc(NC(C)=O)c1)NCc1nc(C(F)(F)F)cs1.I. The van der Waals surface area contributed by atoms with Crippen molar-refractivity contribution in [3.8, 4) is 0 Å². The third-order valence-corrected chi connectivity index (χ3v) is 4.11. The fraction of sp³-hybridized carbons (Fsp3) is 0.353. The van der Waals surface area contributed by atoms with Crippen molar-refractivity contribution < 1.29 is 18.0 Å². The normalized spacial score (nSPS) is 11.5. The Bertz CT molecular complexity index is 810. The van der Waals surface area contributed by atoms with E-state index in [1.54, 1.807) is 6.07 Å². The van der Waals surface area contributed by atoms with Gasteiger partial charge in [-0.15, -0.1) is 35.3 Å². The number of rotatable bonds is 6. The second kappa shape index (κ2) is 11.2. The number of thiazole rings is 1. The van der Waals surface area contributed by atoms with Gasteiger partial charge < -0.3 is 16.0 Å². The van der Waals surface area contributed by atoms with Gasteiger partial charge in [-0.1, -0.05) is 12.1 Å². The molecule has 0 aliphatic carbocycles. The standard InChI is InChI=1S/C17H20F3N5OS.HI/c1-3-21-16(23-9-15-25-14(10-27-15)17(18,19)20)22-8-12-5-4-6-13(7-12)24-11(2)26;/h4-7,10H,3,8-9H2,1-2H3,(H,24,26)(H2,21,22,23);1H. The smallest absolute Gasteiger partial charge is 0.357 e. The molecule has 2 aromatic rings. The van der Waals surface area contributed by atoms with Gasteiger partial charge in [0.2, 0.25) is 5.91 Å². The minimum Gasteiger partial charge on any atom is -0.357 e. The maximum atomic E-state index is 12.6. The number of hydrogen-bond acceptors (Lipinski definition) is 4. The lowest BCUT2D eigenvalue weighted by Gasteiger charge is -2.10. The Kier molecular flexibility index (Phi) is 9.65. The quantitative estimate of drug-likeness (QED) is 0.302. The number of guanidine groups is 1. The lowest BCUT2D eigenvalue weighted by atomic mass is 10.2. The van der Waals surface area contributed by atoms with E-state index in [1.807, 2.05) is 25.1 Å². The summed E-state index contributed by atoms with van der Waals surface area (Å²) in [5.41, 5.74) is 0.670. The molecule has 0 bridgehead atoms. The molecular formula is C17H21F3IN5OS. The van der Waals surface area contributed by atoms with E-state index < -0.39 is 11.9 Å². The first-order chi connectivity index (χ1) is 12.8. The number of halogens is 4. The third kappa shape index (κ3) is 8.00. The summed E-state index contributed by atoms with van der Waals surface area (Å²) in [6.45, 7) is 4.40. The van der Waals surface area contributed by atoms with Gasteiger partial charge in [0.25, 0.3) is 0 Å². The van der Waals surface area contributed by atoms with Crippen molar-refractivity contribution in [2.24, 2.45) is 4.99 Å². The van der Waals surface area contributed by atoms with Crippen LogP contribution < -0.4 is 16.0 Å². The first kappa shape index (κ1) is 24.1. The van der Waals surface area contributed by atoms with Gasteiger partial charge in [-0.2, -0.15) is 13.2 Å². The summed E-state index contributed by atoms with van der Waals surface area (Å²) in [4.78, 5) is 19.1. The Morgan fingerprint density at radius 2 is 2.04 bits per heavy atom. The van der Waals surface area contributed by atoms with Crippen LogP contribution in [0.3, 0.4) is 0 Å². The molecule has 1 heterocycles. The number of amides is 1. The average molecular weight is 527 g/mol. The number of benzene rings is 1. The van der Waals surface area contributed by atoms with Crippen LogP contribution in [0.25, 0.3) is 0 Å². The number of aromatic nitrogens is 1. The van der Waals surface area contributed by atoms with E-state index in [9.17, 15) is 18.0 Å². The number of nitrogens with zero attached hydrogens (tertiary/aromatic N) is 2. The molecule has 0 spiro atoms. The molecule has 3 N–H and O–H groups in total. The summed E-state index contributed by atoms with van der Waals surface area (Å²) < 4.78 is 37.8. The predicted molar refractivity (Wildman–Crippen MR) is 115 cm³/mol. The van der Waals surface area contributed by atoms with Gasteiger partial charge in [0.05, 0.1) is 13.1 Å². The van der Waals surface area contributed by atoms with Crippen molar-refractivity contribution in [3.63, 3.8) is 0 Å². The Morgan fingerprint density at radius 1 is 1.29 bits per heavy atom. The van der Waals surface area contributed by atoms with Crippen LogP contribution in [0.4, 0.5) is 18.9 Å². The summed E-state index contributed by atoms with van der Waals surface area (Å²) in [6, 6.07) is 7.27. The second-order valence-corrected chi connectivity index (χ2v) is 6.50. The van der Waals surface area contributed by atoms with Gasteiger partial charge in [0.15, 0.2) is 11.7 Å². The summed E-state index contributed by atoms with van der Waals surface area (Å²) in [6.07, 6.45) is -4.44. The number of alkyl halides is 3. The van der Waals surface area contributed by atoms with Gasteiger partial charge in [-0.05, 0) is 24.6 Å². The highest BCUT2D eigenvalue weighted by atomic mass is 127. The van der Waals surface area contributed by atoms with Crippen LogP contribution in [0.2, 0.25) is 0 Å². The second-order valence-electron chi connectivity index (χ2n) is 5.55. The molecular weight excluding hydrogens is 506 g/mol. The van der Waals surface area contributed by atoms with Crippen LogP contribution in [0, 0.1) is 0 Å². The van der Waals surface area contributed by atoms with Crippen LogP contribution in [0.1, 0.15) is 30.1 Å². The van der Waals surface area contributed by atoms with E-state index >= 15 is 0 Å². The average Bonchev–Trinajstić information content (AvgIpc) is 3.06. The first-order valence-electron chi connectivity index (χ1n) is 8.18. The van der Waals surface area contributed by atoms with Crippen molar-refractivity contribution in [3.05, 3.63) is 45.9 Å². The maximum Gasteiger partial charge on any atom is 0.434 e. The highest BCUT2D eigenvalue weighted by Gasteiger charge is 2.33. The minimum absolute atomic E-state index is 0. The van der Waals surface area contributed by atoms with E-state index in [-0.39, 0.29) is 36.4 Å². The molecule has 0 atom stereocenters. The van der Waals surface area contributed by atoms with Crippen LogP contribution in [-0.2, 0) is 24.1 Å². The lowest BCUT2D eigenvalue weighted by Crippen LogP contribution is -2.36. The highest BCUT2D eigenvalue weighted by molar-refractivity contribution is 14.0. The van der Waals surface area contributed by atoms with Gasteiger partial charge in [0.1, 0.15) is 5.01 Å². The van der Waals surface area contributed by atoms with Crippen LogP contribution >= 0.6 is 35.3 Å². The largest absolute Gasteiger partial charge is 0.434 e. The molecule has 0 aliphatic rings. The van der Waals surface area contributed by atoms with Crippen molar-refractivity contribution in [2.45, 2.75) is 33.1 Å². The number of carbonyl (C=O) groups is 1. The molecule has 28 heavy (non-hydrogen) atoms. The number of anilines is 1. The van der Waals surface area contributed by atoms with Gasteiger partial charge in [-0.25, -0.2) is 9.98 Å². The Morgan fingerprint density at radius 3 is 2.64 bits per heavy atom. The van der Waals surface area contributed by atoms with E-state index in [2.05, 4.69) is 25.9 Å². The lowest BCUT2D eigenvalue weighted by molar-refractivity contribution is -0.140. The van der Waals surface area contributed by atoms with Gasteiger partial charge in [0, 0.05) is 24.5 Å². The van der Waals surface area contributed by atoms with Crippen molar-refractivity contribution in [1.82, 2.24) is 15.6 Å². The zero-order chi connectivity index (χ0) is 19.9. The maximum absolute atomic E-state index is 12.6. The fourth-order valence-corrected chi connectivity index (χ4v) is 2.88. The molecule has 0 saturated heterocycles. The van der Waals surface area contributed by atoms with Crippen molar-refractivity contribution in [2.75, 3.05) is 11.9 Å². The molecule has 0 unspecified atom stereocenters. The van der Waals surface area contributed by atoms with E-state index in [0.29, 0.717) is 29.7 Å². The number of carbonyl (C=O) groups excluding carboxylic acids is 1. The molecule has 1 aromatic carbocycles. The summed E-state index contributed by atoms with van der Waals surface area (Å²) in [7, 11) is 0.